The van der Waals surface area contributed by atoms with Gasteiger partial charge in [-0.05, 0) is 48.1 Å². The molecule has 1 aromatic rings. The van der Waals surface area contributed by atoms with E-state index in [1.807, 2.05) is 0 Å². The van der Waals surface area contributed by atoms with Gasteiger partial charge in [0.1, 0.15) is 0 Å². The summed E-state index contributed by atoms with van der Waals surface area (Å²) in [5, 5.41) is 0. The fourth-order valence-electron chi connectivity index (χ4n) is 4.54. The summed E-state index contributed by atoms with van der Waals surface area (Å²) in [6, 6.07) is 9.34. The van der Waals surface area contributed by atoms with E-state index in [0.29, 0.717) is 12.0 Å². The Labute approximate surface area is 117 Å². The van der Waals surface area contributed by atoms with Gasteiger partial charge < -0.3 is 5.73 Å². The lowest BCUT2D eigenvalue weighted by Gasteiger charge is -2.38. The van der Waals surface area contributed by atoms with Gasteiger partial charge in [-0.25, -0.2) is 0 Å². The van der Waals surface area contributed by atoms with Crippen LogP contribution in [0.15, 0.2) is 24.3 Å². The minimum absolute atomic E-state index is 0.383. The lowest BCUT2D eigenvalue weighted by Crippen LogP contribution is -2.40. The molecule has 0 saturated heterocycles. The van der Waals surface area contributed by atoms with E-state index in [2.05, 4.69) is 31.2 Å². The Balaban J connectivity index is 1.79. The molecule has 2 aliphatic carbocycles. The molecule has 4 unspecified atom stereocenters. The fourth-order valence-corrected chi connectivity index (χ4v) is 4.54. The standard InChI is InChI=1S/C18H27N/c1-2-13-7-3-6-10-16(13)18(19)17-12-11-14-8-4-5-9-15(14)17/h4-5,8-9,13,16-18H,2-3,6-7,10-12,19H2,1H3. The number of benzene rings is 1. The maximum Gasteiger partial charge on any atom is 0.0139 e. The first-order valence-electron chi connectivity index (χ1n) is 8.14. The number of hydrogen-bond donors (Lipinski definition) is 1. The highest BCUT2D eigenvalue weighted by Gasteiger charge is 2.36. The molecule has 1 fully saturated rings. The van der Waals surface area contributed by atoms with E-state index in [1.54, 1.807) is 11.1 Å². The first-order chi connectivity index (χ1) is 9.31. The molecule has 0 amide bonds. The zero-order chi connectivity index (χ0) is 13.2. The highest BCUT2D eigenvalue weighted by molar-refractivity contribution is 5.36. The first-order valence-corrected chi connectivity index (χ1v) is 8.14. The maximum atomic E-state index is 6.73. The molecule has 19 heavy (non-hydrogen) atoms. The van der Waals surface area contributed by atoms with Crippen LogP contribution in [0.3, 0.4) is 0 Å². The summed E-state index contributed by atoms with van der Waals surface area (Å²) in [5.74, 6) is 2.25. The van der Waals surface area contributed by atoms with Crippen molar-refractivity contribution in [2.75, 3.05) is 0 Å². The van der Waals surface area contributed by atoms with Gasteiger partial charge in [-0.15, -0.1) is 0 Å². The van der Waals surface area contributed by atoms with Gasteiger partial charge in [0, 0.05) is 6.04 Å². The highest BCUT2D eigenvalue weighted by Crippen LogP contribution is 2.42. The maximum absolute atomic E-state index is 6.73. The molecule has 1 aromatic carbocycles. The molecule has 4 atom stereocenters. The van der Waals surface area contributed by atoms with Crippen LogP contribution in [-0.2, 0) is 6.42 Å². The zero-order valence-corrected chi connectivity index (χ0v) is 12.1. The second-order valence-corrected chi connectivity index (χ2v) is 6.54. The Kier molecular flexibility index (Phi) is 3.93. The topological polar surface area (TPSA) is 26.0 Å². The Morgan fingerprint density at radius 2 is 1.95 bits per heavy atom. The van der Waals surface area contributed by atoms with Crippen LogP contribution in [0.5, 0.6) is 0 Å². The molecule has 0 radical (unpaired) electrons. The molecule has 0 bridgehead atoms. The Morgan fingerprint density at radius 1 is 1.16 bits per heavy atom. The predicted molar refractivity (Wildman–Crippen MR) is 81.2 cm³/mol. The van der Waals surface area contributed by atoms with Gasteiger partial charge in [0.15, 0.2) is 0 Å². The third kappa shape index (κ3) is 2.45. The number of fused-ring (bicyclic) bond motifs is 1. The van der Waals surface area contributed by atoms with Crippen molar-refractivity contribution >= 4 is 0 Å². The number of aryl methyl sites for hydroxylation is 1. The summed E-state index contributed by atoms with van der Waals surface area (Å²) in [6.45, 7) is 2.35. The average Bonchev–Trinajstić information content (AvgIpc) is 2.90. The van der Waals surface area contributed by atoms with Crippen molar-refractivity contribution in [1.29, 1.82) is 0 Å². The van der Waals surface area contributed by atoms with Gasteiger partial charge in [-0.3, -0.25) is 0 Å². The lowest BCUT2D eigenvalue weighted by atomic mass is 9.70. The van der Waals surface area contributed by atoms with Crippen molar-refractivity contribution in [3.05, 3.63) is 35.4 Å². The molecule has 1 saturated carbocycles. The summed E-state index contributed by atoms with van der Waals surface area (Å²) in [4.78, 5) is 0. The van der Waals surface area contributed by atoms with Gasteiger partial charge in [-0.1, -0.05) is 56.9 Å². The van der Waals surface area contributed by atoms with Crippen molar-refractivity contribution in [2.45, 2.75) is 63.8 Å². The van der Waals surface area contributed by atoms with Gasteiger partial charge in [0.05, 0.1) is 0 Å². The molecule has 1 heteroatoms. The average molecular weight is 257 g/mol. The molecule has 0 aliphatic heterocycles. The van der Waals surface area contributed by atoms with E-state index >= 15 is 0 Å². The molecule has 104 valence electrons. The molecule has 0 aromatic heterocycles. The second kappa shape index (κ2) is 5.66. The minimum atomic E-state index is 0.383. The molecule has 2 N–H and O–H groups in total. The zero-order valence-electron chi connectivity index (χ0n) is 12.1. The first kappa shape index (κ1) is 13.2. The number of rotatable bonds is 3. The monoisotopic (exact) mass is 257 g/mol. The fraction of sp³-hybridized carbons (Fsp3) is 0.667. The van der Waals surface area contributed by atoms with E-state index in [4.69, 9.17) is 5.73 Å². The van der Waals surface area contributed by atoms with Crippen LogP contribution >= 0.6 is 0 Å². The summed E-state index contributed by atoms with van der Waals surface area (Å²) in [6.07, 6.45) is 9.39. The van der Waals surface area contributed by atoms with Crippen molar-refractivity contribution in [3.63, 3.8) is 0 Å². The minimum Gasteiger partial charge on any atom is -0.327 e. The Bertz CT molecular complexity index is 425. The Hall–Kier alpha value is -0.820. The highest BCUT2D eigenvalue weighted by atomic mass is 14.7. The van der Waals surface area contributed by atoms with E-state index in [0.717, 1.165) is 11.8 Å². The third-order valence-electron chi connectivity index (χ3n) is 5.63. The van der Waals surface area contributed by atoms with Crippen LogP contribution in [0.1, 0.15) is 62.5 Å². The second-order valence-electron chi connectivity index (χ2n) is 6.54. The molecular formula is C18H27N. The summed E-state index contributed by atoms with van der Waals surface area (Å²) >= 11 is 0. The lowest BCUT2D eigenvalue weighted by molar-refractivity contribution is 0.180. The van der Waals surface area contributed by atoms with Gasteiger partial charge in [-0.2, -0.15) is 0 Å². The van der Waals surface area contributed by atoms with Crippen molar-refractivity contribution in [2.24, 2.45) is 17.6 Å². The largest absolute Gasteiger partial charge is 0.327 e. The number of nitrogens with two attached hydrogens (primary N) is 1. The Morgan fingerprint density at radius 3 is 2.79 bits per heavy atom. The molecule has 1 nitrogen and oxygen atoms in total. The van der Waals surface area contributed by atoms with Gasteiger partial charge >= 0.3 is 0 Å². The van der Waals surface area contributed by atoms with Crippen molar-refractivity contribution < 1.29 is 0 Å². The van der Waals surface area contributed by atoms with Gasteiger partial charge in [0.2, 0.25) is 0 Å². The SMILES string of the molecule is CCC1CCCCC1C(N)C1CCc2ccccc21. The van der Waals surface area contributed by atoms with Gasteiger partial charge in [0.25, 0.3) is 0 Å². The summed E-state index contributed by atoms with van der Waals surface area (Å²) < 4.78 is 0. The third-order valence-corrected chi connectivity index (χ3v) is 5.63. The van der Waals surface area contributed by atoms with Crippen LogP contribution in [0.4, 0.5) is 0 Å². The summed E-state index contributed by atoms with van der Waals surface area (Å²) in [7, 11) is 0. The molecule has 2 aliphatic rings. The normalized spacial score (nSPS) is 32.0. The van der Waals surface area contributed by atoms with E-state index in [1.165, 1.54) is 44.9 Å². The molecule has 0 heterocycles. The van der Waals surface area contributed by atoms with Crippen LogP contribution in [-0.4, -0.2) is 6.04 Å². The van der Waals surface area contributed by atoms with Crippen LogP contribution < -0.4 is 5.73 Å². The molecule has 3 rings (SSSR count). The van der Waals surface area contributed by atoms with Crippen LogP contribution in [0, 0.1) is 11.8 Å². The molecule has 0 spiro atoms. The van der Waals surface area contributed by atoms with E-state index in [9.17, 15) is 0 Å². The summed E-state index contributed by atoms with van der Waals surface area (Å²) in [5.41, 5.74) is 9.83. The van der Waals surface area contributed by atoms with E-state index < -0.39 is 0 Å². The molecular weight excluding hydrogens is 230 g/mol. The van der Waals surface area contributed by atoms with Crippen LogP contribution in [0.2, 0.25) is 0 Å². The van der Waals surface area contributed by atoms with Crippen molar-refractivity contribution in [3.8, 4) is 0 Å². The number of hydrogen-bond acceptors (Lipinski definition) is 1. The quantitative estimate of drug-likeness (QED) is 0.860. The van der Waals surface area contributed by atoms with Crippen LogP contribution in [0.25, 0.3) is 0 Å². The van der Waals surface area contributed by atoms with Crippen molar-refractivity contribution in [1.82, 2.24) is 0 Å². The smallest absolute Gasteiger partial charge is 0.0139 e. The van der Waals surface area contributed by atoms with E-state index in [-0.39, 0.29) is 0 Å². The predicted octanol–water partition coefficient (Wildman–Crippen LogP) is 4.26.